The maximum absolute atomic E-state index is 13.8. The van der Waals surface area contributed by atoms with E-state index in [9.17, 15) is 19.2 Å². The molecule has 2 amide bonds. The maximum Gasteiger partial charge on any atom is 0.241 e. The predicted molar refractivity (Wildman–Crippen MR) is 124 cm³/mol. The second-order valence-corrected chi connectivity index (χ2v) is 9.32. The van der Waals surface area contributed by atoms with Gasteiger partial charge in [0, 0.05) is 16.1 Å². The van der Waals surface area contributed by atoms with Crippen LogP contribution in [0, 0.1) is 18.8 Å². The zero-order valence-electron chi connectivity index (χ0n) is 18.0. The Balaban J connectivity index is 1.55. The number of carbonyl (C=O) groups excluding carboxylic acids is 4. The molecule has 2 heterocycles. The van der Waals surface area contributed by atoms with Crippen LogP contribution >= 0.6 is 11.6 Å². The number of hydrogen-bond acceptors (Lipinski definition) is 5. The van der Waals surface area contributed by atoms with Crippen molar-refractivity contribution in [3.63, 3.8) is 0 Å². The molecule has 3 aliphatic rings. The van der Waals surface area contributed by atoms with Gasteiger partial charge in [-0.15, -0.1) is 0 Å². The molecule has 7 heteroatoms. The molecule has 2 fully saturated rings. The van der Waals surface area contributed by atoms with Crippen LogP contribution < -0.4 is 4.90 Å². The minimum absolute atomic E-state index is 0.201. The number of aryl methyl sites for hydroxylation is 1. The van der Waals surface area contributed by atoms with Crippen molar-refractivity contribution in [3.05, 3.63) is 100 Å². The number of fused-ring (bicyclic) bond motifs is 3. The molecule has 34 heavy (non-hydrogen) atoms. The Morgan fingerprint density at radius 3 is 2.09 bits per heavy atom. The lowest BCUT2D eigenvalue weighted by Gasteiger charge is -2.27. The third kappa shape index (κ3) is 2.61. The van der Waals surface area contributed by atoms with E-state index in [2.05, 4.69) is 0 Å². The van der Waals surface area contributed by atoms with Crippen molar-refractivity contribution >= 4 is 40.7 Å². The average molecular weight is 472 g/mol. The summed E-state index contributed by atoms with van der Waals surface area (Å²) in [6.07, 6.45) is -0.988. The summed E-state index contributed by atoms with van der Waals surface area (Å²) in [4.78, 5) is 56.1. The summed E-state index contributed by atoms with van der Waals surface area (Å²) in [7, 11) is 0. The van der Waals surface area contributed by atoms with Crippen LogP contribution in [0.5, 0.6) is 0 Å². The molecule has 6 rings (SSSR count). The number of carbonyl (C=O) groups is 4. The second-order valence-electron chi connectivity index (χ2n) is 8.88. The topological polar surface area (TPSA) is 80.8 Å². The fraction of sp³-hybridized carbons (Fsp3) is 0.185. The molecule has 1 spiro atoms. The summed E-state index contributed by atoms with van der Waals surface area (Å²) < 4.78 is 6.24. The van der Waals surface area contributed by atoms with E-state index in [4.69, 9.17) is 16.3 Å². The number of halogens is 1. The fourth-order valence-electron chi connectivity index (χ4n) is 5.45. The number of imide groups is 1. The van der Waals surface area contributed by atoms with E-state index < -0.39 is 46.9 Å². The van der Waals surface area contributed by atoms with Gasteiger partial charge in [0.1, 0.15) is 0 Å². The molecule has 0 unspecified atom stereocenters. The van der Waals surface area contributed by atoms with Gasteiger partial charge in [-0.05, 0) is 36.8 Å². The van der Waals surface area contributed by atoms with E-state index in [0.29, 0.717) is 16.3 Å². The summed E-state index contributed by atoms with van der Waals surface area (Å²) in [5.41, 5.74) is 0.205. The smallest absolute Gasteiger partial charge is 0.241 e. The number of ketones is 2. The van der Waals surface area contributed by atoms with Crippen molar-refractivity contribution in [1.29, 1.82) is 0 Å². The maximum atomic E-state index is 13.8. The molecule has 3 aromatic rings. The Morgan fingerprint density at radius 1 is 0.824 bits per heavy atom. The quantitative estimate of drug-likeness (QED) is 0.410. The third-order valence-corrected chi connectivity index (χ3v) is 7.22. The third-order valence-electron chi connectivity index (χ3n) is 6.99. The van der Waals surface area contributed by atoms with Gasteiger partial charge in [-0.3, -0.25) is 19.2 Å². The summed E-state index contributed by atoms with van der Waals surface area (Å²) in [6.45, 7) is 1.90. The highest BCUT2D eigenvalue weighted by atomic mass is 35.5. The lowest BCUT2D eigenvalue weighted by atomic mass is 9.77. The van der Waals surface area contributed by atoms with E-state index in [1.165, 1.54) is 0 Å². The molecule has 3 aromatic carbocycles. The molecule has 3 atom stereocenters. The Labute approximate surface area is 200 Å². The van der Waals surface area contributed by atoms with Crippen LogP contribution in [0.25, 0.3) is 0 Å². The van der Waals surface area contributed by atoms with E-state index >= 15 is 0 Å². The van der Waals surface area contributed by atoms with Crippen LogP contribution in [0.15, 0.2) is 72.8 Å². The lowest BCUT2D eigenvalue weighted by molar-refractivity contribution is -0.127. The highest BCUT2D eigenvalue weighted by Crippen LogP contribution is 2.57. The van der Waals surface area contributed by atoms with E-state index in [-0.39, 0.29) is 11.1 Å². The van der Waals surface area contributed by atoms with E-state index in [1.54, 1.807) is 72.8 Å². The fourth-order valence-corrected chi connectivity index (χ4v) is 5.65. The summed E-state index contributed by atoms with van der Waals surface area (Å²) in [5, 5.41) is 0.415. The number of hydrogen-bond donors (Lipinski definition) is 0. The molecule has 0 saturated carbocycles. The Kier molecular flexibility index (Phi) is 4.43. The predicted octanol–water partition coefficient (Wildman–Crippen LogP) is 4.34. The first-order valence-corrected chi connectivity index (χ1v) is 11.3. The van der Waals surface area contributed by atoms with Crippen LogP contribution in [0.1, 0.15) is 37.9 Å². The number of ether oxygens (including phenoxy) is 1. The average Bonchev–Trinajstić information content (AvgIpc) is 3.40. The largest absolute Gasteiger partial charge is 0.349 e. The normalized spacial score (nSPS) is 24.8. The lowest BCUT2D eigenvalue weighted by Crippen LogP contribution is -2.51. The van der Waals surface area contributed by atoms with Gasteiger partial charge < -0.3 is 4.74 Å². The number of nitrogens with zero attached hydrogens (tertiary/aromatic N) is 1. The van der Waals surface area contributed by atoms with Crippen LogP contribution in [0.4, 0.5) is 5.69 Å². The number of benzene rings is 3. The molecule has 2 aliphatic heterocycles. The Hall–Kier alpha value is -3.61. The van der Waals surface area contributed by atoms with Gasteiger partial charge in [-0.25, -0.2) is 4.90 Å². The number of anilines is 1. The van der Waals surface area contributed by atoms with Gasteiger partial charge in [-0.2, -0.15) is 0 Å². The molecule has 0 N–H and O–H groups in total. The van der Waals surface area contributed by atoms with Crippen LogP contribution in [0.3, 0.4) is 0 Å². The molecule has 0 aromatic heterocycles. The summed E-state index contributed by atoms with van der Waals surface area (Å²) in [5.74, 6) is -4.61. The minimum atomic E-state index is -2.09. The molecule has 6 nitrogen and oxygen atoms in total. The van der Waals surface area contributed by atoms with Gasteiger partial charge in [0.15, 0.2) is 0 Å². The number of rotatable bonds is 2. The zero-order chi connectivity index (χ0) is 23.8. The molecule has 2 saturated heterocycles. The Morgan fingerprint density at radius 2 is 1.47 bits per heavy atom. The van der Waals surface area contributed by atoms with Crippen LogP contribution in [0.2, 0.25) is 5.02 Å². The van der Waals surface area contributed by atoms with Crippen molar-refractivity contribution in [2.45, 2.75) is 18.6 Å². The number of Topliss-reactive ketones (excluding diaryl/α,β-unsaturated/α-hetero) is 2. The Bertz CT molecular complexity index is 1380. The molecule has 0 bridgehead atoms. The van der Waals surface area contributed by atoms with Gasteiger partial charge >= 0.3 is 0 Å². The summed E-state index contributed by atoms with van der Waals surface area (Å²) >= 11 is 6.20. The monoisotopic (exact) mass is 471 g/mol. The molecule has 1 aliphatic carbocycles. The van der Waals surface area contributed by atoms with Crippen molar-refractivity contribution in [3.8, 4) is 0 Å². The highest BCUT2D eigenvalue weighted by Gasteiger charge is 2.74. The van der Waals surface area contributed by atoms with E-state index in [1.807, 2.05) is 6.92 Å². The van der Waals surface area contributed by atoms with Gasteiger partial charge in [0.2, 0.25) is 29.0 Å². The molecule has 168 valence electrons. The zero-order valence-corrected chi connectivity index (χ0v) is 18.8. The van der Waals surface area contributed by atoms with Crippen molar-refractivity contribution in [1.82, 2.24) is 0 Å². The SMILES string of the molecule is Cc1ccc(N2C(=O)[C@@H]3[C@@H](c4cccc(Cl)c4)OC4(C(=O)c5ccccc5C4=O)[C@@H]3C2=O)cc1. The van der Waals surface area contributed by atoms with Gasteiger partial charge in [-0.1, -0.05) is 65.7 Å². The number of amides is 2. The minimum Gasteiger partial charge on any atom is -0.349 e. The van der Waals surface area contributed by atoms with Crippen molar-refractivity contribution < 1.29 is 23.9 Å². The first kappa shape index (κ1) is 21.0. The van der Waals surface area contributed by atoms with Crippen LogP contribution in [-0.2, 0) is 14.3 Å². The highest BCUT2D eigenvalue weighted by molar-refractivity contribution is 6.37. The van der Waals surface area contributed by atoms with Crippen molar-refractivity contribution in [2.75, 3.05) is 4.90 Å². The summed E-state index contributed by atoms with van der Waals surface area (Å²) in [6, 6.07) is 20.1. The van der Waals surface area contributed by atoms with E-state index in [0.717, 1.165) is 10.5 Å². The molecular formula is C27H18ClNO5. The van der Waals surface area contributed by atoms with Crippen molar-refractivity contribution in [2.24, 2.45) is 11.8 Å². The second kappa shape index (κ2) is 7.19. The first-order valence-electron chi connectivity index (χ1n) is 10.9. The first-order chi connectivity index (χ1) is 16.3. The van der Waals surface area contributed by atoms with Crippen LogP contribution in [-0.4, -0.2) is 29.0 Å². The molecule has 0 radical (unpaired) electrons. The van der Waals surface area contributed by atoms with Gasteiger partial charge in [0.05, 0.1) is 23.6 Å². The standard InChI is InChI=1S/C27H18ClNO5/c1-14-9-11-17(12-10-14)29-25(32)20-21(26(29)33)27(34-22(20)15-5-4-6-16(28)13-15)23(30)18-7-2-3-8-19(18)24(27)31/h2-13,20-22H,1H3/t20-,21-,22+/m0/s1. The molecular weight excluding hydrogens is 454 g/mol. The van der Waals surface area contributed by atoms with Gasteiger partial charge in [0.25, 0.3) is 0 Å².